The molecule has 1 aliphatic heterocycles. The summed E-state index contributed by atoms with van der Waals surface area (Å²) in [5.74, 6) is 0.222. The average Bonchev–Trinajstić information content (AvgIpc) is 3.22. The van der Waals surface area contributed by atoms with Crippen LogP contribution in [0.3, 0.4) is 0 Å². The summed E-state index contributed by atoms with van der Waals surface area (Å²) in [5, 5.41) is 3.04. The first kappa shape index (κ1) is 26.1. The van der Waals surface area contributed by atoms with Gasteiger partial charge in [-0.2, -0.15) is 0 Å². The molecule has 1 unspecified atom stereocenters. The lowest BCUT2D eigenvalue weighted by Crippen LogP contribution is -2.48. The zero-order chi connectivity index (χ0) is 27.2. The van der Waals surface area contributed by atoms with Crippen molar-refractivity contribution < 1.29 is 8.78 Å². The minimum atomic E-state index is -0.645. The quantitative estimate of drug-likeness (QED) is 0.338. The summed E-state index contributed by atoms with van der Waals surface area (Å²) < 4.78 is 31.7. The molecule has 5 rings (SSSR count). The Morgan fingerprint density at radius 3 is 2.39 bits per heavy atom. The Hall–Kier alpha value is -3.50. The number of nitrogens with two attached hydrogens (primary N) is 1. The summed E-state index contributed by atoms with van der Waals surface area (Å²) in [6.45, 7) is 12.0. The number of anilines is 2. The van der Waals surface area contributed by atoms with Gasteiger partial charge in [-0.3, -0.25) is 4.90 Å². The predicted molar refractivity (Wildman–Crippen MR) is 145 cm³/mol. The number of nitrogens with zero attached hydrogens (tertiary/aromatic N) is 6. The molecular formula is C28H34F2N8. The molecule has 3 N–H and O–H groups in total. The Kier molecular flexibility index (Phi) is 6.87. The van der Waals surface area contributed by atoms with Gasteiger partial charge in [-0.1, -0.05) is 6.07 Å². The van der Waals surface area contributed by atoms with Gasteiger partial charge in [0.25, 0.3) is 0 Å². The predicted octanol–water partition coefficient (Wildman–Crippen LogP) is 5.67. The van der Waals surface area contributed by atoms with Crippen molar-refractivity contribution in [1.29, 1.82) is 0 Å². The number of pyridine rings is 1. The van der Waals surface area contributed by atoms with E-state index in [1.165, 1.54) is 6.07 Å². The highest BCUT2D eigenvalue weighted by molar-refractivity contribution is 5.83. The number of aryl methyl sites for hydroxylation is 1. The van der Waals surface area contributed by atoms with Crippen molar-refractivity contribution >= 4 is 22.8 Å². The van der Waals surface area contributed by atoms with Gasteiger partial charge in [0.05, 0.1) is 11.7 Å². The van der Waals surface area contributed by atoms with Crippen LogP contribution in [0.4, 0.5) is 20.5 Å². The maximum Gasteiger partial charge on any atom is 0.229 e. The van der Waals surface area contributed by atoms with Crippen molar-refractivity contribution in [1.82, 2.24) is 29.4 Å². The molecule has 1 atom stereocenters. The van der Waals surface area contributed by atoms with Crippen LogP contribution in [-0.4, -0.2) is 48.0 Å². The van der Waals surface area contributed by atoms with Crippen LogP contribution in [0.1, 0.15) is 64.0 Å². The van der Waals surface area contributed by atoms with Crippen molar-refractivity contribution in [2.75, 3.05) is 18.4 Å². The second kappa shape index (κ2) is 9.99. The zero-order valence-electron chi connectivity index (χ0n) is 22.5. The lowest BCUT2D eigenvalue weighted by Gasteiger charge is -2.39. The Morgan fingerprint density at radius 2 is 1.74 bits per heavy atom. The van der Waals surface area contributed by atoms with Gasteiger partial charge in [0.1, 0.15) is 22.9 Å². The van der Waals surface area contributed by atoms with E-state index in [0.29, 0.717) is 22.7 Å². The summed E-state index contributed by atoms with van der Waals surface area (Å²) in [7, 11) is 0. The number of nitrogens with one attached hydrogen (secondary N) is 1. The highest BCUT2D eigenvalue weighted by Gasteiger charge is 2.28. The molecule has 3 aromatic heterocycles. The molecule has 8 nitrogen and oxygen atoms in total. The number of benzene rings is 1. The van der Waals surface area contributed by atoms with Gasteiger partial charge in [-0.05, 0) is 71.2 Å². The van der Waals surface area contributed by atoms with Gasteiger partial charge in [0.2, 0.25) is 5.95 Å². The van der Waals surface area contributed by atoms with Gasteiger partial charge in [0.15, 0.2) is 11.6 Å². The molecule has 200 valence electrons. The topological polar surface area (TPSA) is 97.8 Å². The molecular weight excluding hydrogens is 486 g/mol. The van der Waals surface area contributed by atoms with Crippen LogP contribution in [0.25, 0.3) is 22.3 Å². The first-order chi connectivity index (χ1) is 18.0. The fourth-order valence-corrected chi connectivity index (χ4v) is 5.16. The molecule has 0 spiro atoms. The minimum absolute atomic E-state index is 0.000274. The van der Waals surface area contributed by atoms with E-state index in [1.54, 1.807) is 6.07 Å². The molecule has 0 amide bonds. The van der Waals surface area contributed by atoms with Crippen LogP contribution in [0.5, 0.6) is 0 Å². The molecule has 10 heteroatoms. The van der Waals surface area contributed by atoms with Crippen LogP contribution < -0.4 is 11.1 Å². The van der Waals surface area contributed by atoms with Gasteiger partial charge < -0.3 is 15.6 Å². The molecule has 4 aromatic rings. The Bertz CT molecular complexity index is 1450. The second-order valence-corrected chi connectivity index (χ2v) is 10.8. The van der Waals surface area contributed by atoms with Crippen molar-refractivity contribution in [2.24, 2.45) is 5.73 Å². The van der Waals surface area contributed by atoms with Gasteiger partial charge in [0, 0.05) is 42.5 Å². The number of rotatable bonds is 6. The zero-order valence-corrected chi connectivity index (χ0v) is 22.5. The number of likely N-dealkylation sites (tertiary alicyclic amines) is 1. The number of hydrogen-bond acceptors (Lipinski definition) is 7. The summed E-state index contributed by atoms with van der Waals surface area (Å²) in [5.41, 5.74) is 8.44. The van der Waals surface area contributed by atoms with Crippen molar-refractivity contribution in [3.8, 4) is 11.3 Å². The van der Waals surface area contributed by atoms with E-state index in [4.69, 9.17) is 5.73 Å². The van der Waals surface area contributed by atoms with Crippen LogP contribution >= 0.6 is 0 Å². The lowest BCUT2D eigenvalue weighted by molar-refractivity contribution is 0.132. The monoisotopic (exact) mass is 520 g/mol. The molecule has 1 fully saturated rings. The highest BCUT2D eigenvalue weighted by atomic mass is 19.1. The van der Waals surface area contributed by atoms with Crippen molar-refractivity contribution in [3.63, 3.8) is 0 Å². The van der Waals surface area contributed by atoms with E-state index in [9.17, 15) is 8.78 Å². The number of fused-ring (bicyclic) bond motifs is 1. The molecule has 1 saturated heterocycles. The number of hydrogen-bond donors (Lipinski definition) is 2. The first-order valence-electron chi connectivity index (χ1n) is 13.0. The van der Waals surface area contributed by atoms with Crippen molar-refractivity contribution in [3.05, 3.63) is 59.7 Å². The number of piperidine rings is 1. The SMILES string of the molecule is Cc1nc2c(F)cc(-c3nc(Nc4ccc(C(C)N5CCC(C)(N)CC5)cn4)ncc3F)cc2n1C(C)C. The van der Waals surface area contributed by atoms with E-state index in [1.807, 2.05) is 43.7 Å². The van der Waals surface area contributed by atoms with Crippen LogP contribution in [0.2, 0.25) is 0 Å². The van der Waals surface area contributed by atoms with Gasteiger partial charge in [-0.25, -0.2) is 28.7 Å². The third kappa shape index (κ3) is 5.10. The summed E-state index contributed by atoms with van der Waals surface area (Å²) in [4.78, 5) is 19.7. The molecule has 0 aliphatic carbocycles. The highest BCUT2D eigenvalue weighted by Crippen LogP contribution is 2.31. The maximum atomic E-state index is 15.0. The largest absolute Gasteiger partial charge is 0.326 e. The summed E-state index contributed by atoms with van der Waals surface area (Å²) in [6, 6.07) is 7.13. The molecule has 0 bridgehead atoms. The fraction of sp³-hybridized carbons (Fsp3) is 0.429. The molecule has 38 heavy (non-hydrogen) atoms. The van der Waals surface area contributed by atoms with E-state index in [-0.39, 0.29) is 34.8 Å². The van der Waals surface area contributed by atoms with E-state index < -0.39 is 11.6 Å². The minimum Gasteiger partial charge on any atom is -0.326 e. The van der Waals surface area contributed by atoms with Crippen LogP contribution in [0.15, 0.2) is 36.7 Å². The van der Waals surface area contributed by atoms with Gasteiger partial charge in [-0.15, -0.1) is 0 Å². The molecule has 1 aromatic carbocycles. The standard InChI is InChI=1S/C28H34F2N8/c1-16(2)38-18(4)34-26-21(29)12-20(13-23(26)38)25-22(30)15-33-27(36-25)35-24-7-6-19(14-32-24)17(3)37-10-8-28(5,31)9-11-37/h6-7,12-17H,8-11,31H2,1-5H3,(H,32,33,35,36). The van der Waals surface area contributed by atoms with Crippen LogP contribution in [0, 0.1) is 18.6 Å². The van der Waals surface area contributed by atoms with Gasteiger partial charge >= 0.3 is 0 Å². The third-order valence-corrected chi connectivity index (χ3v) is 7.46. The Labute approximate surface area is 221 Å². The fourth-order valence-electron chi connectivity index (χ4n) is 5.16. The molecule has 0 saturated carbocycles. The molecule has 0 radical (unpaired) electrons. The number of imidazole rings is 1. The normalized spacial score (nSPS) is 16.8. The number of halogens is 2. The average molecular weight is 521 g/mol. The second-order valence-electron chi connectivity index (χ2n) is 10.8. The Balaban J connectivity index is 1.37. The molecule has 1 aliphatic rings. The lowest BCUT2D eigenvalue weighted by atomic mass is 9.90. The van der Waals surface area contributed by atoms with Crippen molar-refractivity contribution in [2.45, 2.75) is 65.1 Å². The summed E-state index contributed by atoms with van der Waals surface area (Å²) >= 11 is 0. The van der Waals surface area contributed by atoms with E-state index in [0.717, 1.165) is 37.7 Å². The van der Waals surface area contributed by atoms with Crippen LogP contribution in [-0.2, 0) is 0 Å². The molecule has 4 heterocycles. The smallest absolute Gasteiger partial charge is 0.229 e. The third-order valence-electron chi connectivity index (χ3n) is 7.46. The summed E-state index contributed by atoms with van der Waals surface area (Å²) in [6.07, 6.45) is 4.83. The number of aromatic nitrogens is 5. The first-order valence-corrected chi connectivity index (χ1v) is 13.0. The van der Waals surface area contributed by atoms with E-state index >= 15 is 0 Å². The van der Waals surface area contributed by atoms with E-state index in [2.05, 4.69) is 44.0 Å². The maximum absolute atomic E-state index is 15.0. The Morgan fingerprint density at radius 1 is 1.00 bits per heavy atom.